The molecular weight excluding hydrogens is 260 g/mol. The number of benzene rings is 1. The van der Waals surface area contributed by atoms with Gasteiger partial charge in [-0.1, -0.05) is 11.8 Å². The number of rotatable bonds is 3. The molecular formula is C13H12N4OS. The molecule has 0 atom stereocenters. The van der Waals surface area contributed by atoms with Crippen molar-refractivity contribution in [2.45, 2.75) is 17.8 Å². The third kappa shape index (κ3) is 2.68. The molecule has 0 fully saturated rings. The second-order valence-electron chi connectivity index (χ2n) is 4.17. The van der Waals surface area contributed by atoms with E-state index in [0.717, 1.165) is 11.1 Å². The summed E-state index contributed by atoms with van der Waals surface area (Å²) in [7, 11) is 0. The van der Waals surface area contributed by atoms with Crippen LogP contribution in [-0.4, -0.2) is 15.0 Å². The highest BCUT2D eigenvalue weighted by Crippen LogP contribution is 2.23. The average molecular weight is 272 g/mol. The van der Waals surface area contributed by atoms with Gasteiger partial charge in [0.1, 0.15) is 5.52 Å². The first-order valence-electron chi connectivity index (χ1n) is 5.77. The van der Waals surface area contributed by atoms with Gasteiger partial charge >= 0.3 is 0 Å². The number of thioether (sulfide) groups is 1. The molecule has 3 rings (SSSR count). The molecule has 19 heavy (non-hydrogen) atoms. The first kappa shape index (κ1) is 12.0. The van der Waals surface area contributed by atoms with E-state index in [1.54, 1.807) is 18.5 Å². The quantitative estimate of drug-likeness (QED) is 0.449. The topological polar surface area (TPSA) is 77.8 Å². The molecule has 2 aromatic heterocycles. The Morgan fingerprint density at radius 1 is 1.26 bits per heavy atom. The number of nitrogens with two attached hydrogens (primary N) is 1. The van der Waals surface area contributed by atoms with Crippen molar-refractivity contribution < 1.29 is 4.42 Å². The molecule has 0 aliphatic heterocycles. The smallest absolute Gasteiger partial charge is 0.205 e. The van der Waals surface area contributed by atoms with Gasteiger partial charge in [0.05, 0.1) is 5.75 Å². The number of nitrogen functional groups attached to an aromatic ring is 1. The standard InChI is InChI=1S/C13H12N4OS/c1-8-5-15-13(16-6-8)19-7-12-17-10-3-2-9(14)4-11(10)18-12/h2-6H,7,14H2,1H3. The van der Waals surface area contributed by atoms with Crippen LogP contribution >= 0.6 is 11.8 Å². The Morgan fingerprint density at radius 2 is 2.05 bits per heavy atom. The van der Waals surface area contributed by atoms with Crippen molar-refractivity contribution >= 4 is 28.5 Å². The van der Waals surface area contributed by atoms with Crippen molar-refractivity contribution in [3.8, 4) is 0 Å². The molecule has 0 spiro atoms. The summed E-state index contributed by atoms with van der Waals surface area (Å²) in [6, 6.07) is 5.44. The predicted molar refractivity (Wildman–Crippen MR) is 74.8 cm³/mol. The van der Waals surface area contributed by atoms with Crippen LogP contribution in [0.1, 0.15) is 11.5 Å². The molecule has 3 aromatic rings. The lowest BCUT2D eigenvalue weighted by atomic mass is 10.3. The molecule has 0 aliphatic carbocycles. The molecule has 0 radical (unpaired) electrons. The lowest BCUT2D eigenvalue weighted by Gasteiger charge is -1.96. The molecule has 96 valence electrons. The second-order valence-corrected chi connectivity index (χ2v) is 5.11. The van der Waals surface area contributed by atoms with E-state index in [9.17, 15) is 0 Å². The number of aryl methyl sites for hydroxylation is 1. The molecule has 0 amide bonds. The third-order valence-electron chi connectivity index (χ3n) is 2.54. The highest BCUT2D eigenvalue weighted by Gasteiger charge is 2.07. The van der Waals surface area contributed by atoms with Gasteiger partial charge in [0, 0.05) is 24.1 Å². The van der Waals surface area contributed by atoms with E-state index < -0.39 is 0 Å². The van der Waals surface area contributed by atoms with E-state index in [-0.39, 0.29) is 0 Å². The first-order chi connectivity index (χ1) is 9.20. The van der Waals surface area contributed by atoms with E-state index in [1.807, 2.05) is 19.1 Å². The van der Waals surface area contributed by atoms with Crippen molar-refractivity contribution in [1.29, 1.82) is 0 Å². The van der Waals surface area contributed by atoms with Gasteiger partial charge in [-0.15, -0.1) is 0 Å². The van der Waals surface area contributed by atoms with Gasteiger partial charge in [0.15, 0.2) is 10.7 Å². The number of nitrogens with zero attached hydrogens (tertiary/aromatic N) is 3. The normalized spacial score (nSPS) is 11.0. The summed E-state index contributed by atoms with van der Waals surface area (Å²) in [4.78, 5) is 12.8. The SMILES string of the molecule is Cc1cnc(SCc2nc3ccc(N)cc3o2)nc1. The van der Waals surface area contributed by atoms with Crippen LogP contribution in [-0.2, 0) is 5.75 Å². The fourth-order valence-corrected chi connectivity index (χ4v) is 2.26. The highest BCUT2D eigenvalue weighted by molar-refractivity contribution is 7.98. The number of aromatic nitrogens is 3. The van der Waals surface area contributed by atoms with Crippen LogP contribution in [0.4, 0.5) is 5.69 Å². The zero-order valence-electron chi connectivity index (χ0n) is 10.3. The van der Waals surface area contributed by atoms with Crippen LogP contribution in [0.25, 0.3) is 11.1 Å². The minimum Gasteiger partial charge on any atom is -0.440 e. The van der Waals surface area contributed by atoms with E-state index in [0.29, 0.717) is 28.1 Å². The van der Waals surface area contributed by atoms with Gasteiger partial charge in [-0.25, -0.2) is 15.0 Å². The molecule has 5 nitrogen and oxygen atoms in total. The highest BCUT2D eigenvalue weighted by atomic mass is 32.2. The van der Waals surface area contributed by atoms with Crippen LogP contribution in [0.2, 0.25) is 0 Å². The molecule has 2 heterocycles. The lowest BCUT2D eigenvalue weighted by Crippen LogP contribution is -1.88. The first-order valence-corrected chi connectivity index (χ1v) is 6.76. The Kier molecular flexibility index (Phi) is 3.08. The molecule has 0 unspecified atom stereocenters. The monoisotopic (exact) mass is 272 g/mol. The summed E-state index contributed by atoms with van der Waals surface area (Å²) < 4.78 is 5.63. The predicted octanol–water partition coefficient (Wildman–Crippen LogP) is 2.80. The minimum absolute atomic E-state index is 0.595. The van der Waals surface area contributed by atoms with Crippen molar-refractivity contribution in [1.82, 2.24) is 15.0 Å². The van der Waals surface area contributed by atoms with Crippen LogP contribution in [0.3, 0.4) is 0 Å². The van der Waals surface area contributed by atoms with Crippen molar-refractivity contribution in [2.75, 3.05) is 5.73 Å². The average Bonchev–Trinajstić information content (AvgIpc) is 2.80. The van der Waals surface area contributed by atoms with Gasteiger partial charge < -0.3 is 10.2 Å². The third-order valence-corrected chi connectivity index (χ3v) is 3.40. The molecule has 0 aliphatic rings. The Bertz CT molecular complexity index is 708. The maximum absolute atomic E-state index is 5.70. The van der Waals surface area contributed by atoms with E-state index >= 15 is 0 Å². The molecule has 6 heteroatoms. The summed E-state index contributed by atoms with van der Waals surface area (Å²) in [5.41, 5.74) is 8.94. The Balaban J connectivity index is 1.76. The minimum atomic E-state index is 0.595. The van der Waals surface area contributed by atoms with Crippen LogP contribution in [0.5, 0.6) is 0 Å². The summed E-state index contributed by atoms with van der Waals surface area (Å²) in [6.45, 7) is 1.96. The summed E-state index contributed by atoms with van der Waals surface area (Å²) in [5.74, 6) is 1.24. The van der Waals surface area contributed by atoms with Gasteiger partial charge in [0.25, 0.3) is 0 Å². The fraction of sp³-hybridized carbons (Fsp3) is 0.154. The van der Waals surface area contributed by atoms with Gasteiger partial charge in [-0.3, -0.25) is 0 Å². The van der Waals surface area contributed by atoms with Crippen molar-refractivity contribution in [2.24, 2.45) is 0 Å². The summed E-state index contributed by atoms with van der Waals surface area (Å²) in [5, 5.41) is 0.715. The Morgan fingerprint density at radius 3 is 2.84 bits per heavy atom. The lowest BCUT2D eigenvalue weighted by molar-refractivity contribution is 0.556. The van der Waals surface area contributed by atoms with Crippen LogP contribution in [0.15, 0.2) is 40.2 Å². The van der Waals surface area contributed by atoms with Crippen molar-refractivity contribution in [3.05, 3.63) is 42.0 Å². The summed E-state index contributed by atoms with van der Waals surface area (Å²) in [6.07, 6.45) is 3.59. The second kappa shape index (κ2) is 4.89. The van der Waals surface area contributed by atoms with Crippen LogP contribution in [0, 0.1) is 6.92 Å². The van der Waals surface area contributed by atoms with Crippen LogP contribution < -0.4 is 5.73 Å². The molecule has 0 saturated heterocycles. The van der Waals surface area contributed by atoms with E-state index in [2.05, 4.69) is 15.0 Å². The number of oxazole rings is 1. The van der Waals surface area contributed by atoms with Gasteiger partial charge in [0.2, 0.25) is 5.89 Å². The number of hydrogen-bond donors (Lipinski definition) is 1. The van der Waals surface area contributed by atoms with E-state index in [4.69, 9.17) is 10.2 Å². The summed E-state index contributed by atoms with van der Waals surface area (Å²) >= 11 is 1.49. The maximum atomic E-state index is 5.70. The largest absolute Gasteiger partial charge is 0.440 e. The van der Waals surface area contributed by atoms with Gasteiger partial charge in [-0.2, -0.15) is 0 Å². The molecule has 2 N–H and O–H groups in total. The number of fused-ring (bicyclic) bond motifs is 1. The fourth-order valence-electron chi connectivity index (χ4n) is 1.63. The van der Waals surface area contributed by atoms with Crippen molar-refractivity contribution in [3.63, 3.8) is 0 Å². The zero-order chi connectivity index (χ0) is 13.2. The maximum Gasteiger partial charge on any atom is 0.205 e. The Labute approximate surface area is 114 Å². The number of hydrogen-bond acceptors (Lipinski definition) is 6. The van der Waals surface area contributed by atoms with E-state index in [1.165, 1.54) is 11.8 Å². The van der Waals surface area contributed by atoms with Gasteiger partial charge in [-0.05, 0) is 24.6 Å². The Hall–Kier alpha value is -2.08. The molecule has 1 aromatic carbocycles. The number of anilines is 1. The zero-order valence-corrected chi connectivity index (χ0v) is 11.1. The molecule has 0 saturated carbocycles. The molecule has 0 bridgehead atoms.